The molecule has 0 spiro atoms. The molecule has 1 atom stereocenters. The second-order valence-corrected chi connectivity index (χ2v) is 3.14. The largest absolute Gasteiger partial charge is 0.508 e. The van der Waals surface area contributed by atoms with Crippen molar-refractivity contribution < 1.29 is 20.1 Å². The van der Waals surface area contributed by atoms with Gasteiger partial charge in [0.2, 0.25) is 0 Å². The number of aliphatic hydroxyl groups is 1. The summed E-state index contributed by atoms with van der Waals surface area (Å²) in [5, 5.41) is 29.7. The van der Waals surface area contributed by atoms with Crippen LogP contribution in [0, 0.1) is 0 Å². The van der Waals surface area contributed by atoms with Gasteiger partial charge < -0.3 is 20.6 Å². The Morgan fingerprint density at radius 1 is 1.47 bits per heavy atom. The van der Waals surface area contributed by atoms with Crippen molar-refractivity contribution in [2.24, 2.45) is 0 Å². The Morgan fingerprint density at radius 3 is 2.80 bits per heavy atom. The molecule has 1 aromatic rings. The number of carboxylic acid groups (broad SMARTS) is 1. The van der Waals surface area contributed by atoms with Crippen molar-refractivity contribution in [3.8, 4) is 5.75 Å². The molecule has 1 unspecified atom stereocenters. The molecule has 0 fully saturated rings. The van der Waals surface area contributed by atoms with Crippen molar-refractivity contribution >= 4 is 5.97 Å². The second-order valence-electron chi connectivity index (χ2n) is 3.14. The van der Waals surface area contributed by atoms with Crippen LogP contribution in [0.25, 0.3) is 0 Å². The van der Waals surface area contributed by atoms with Gasteiger partial charge in [0.1, 0.15) is 5.75 Å². The lowest BCUT2D eigenvalue weighted by molar-refractivity contribution is -0.136. The number of benzene rings is 1. The number of phenolic OH excluding ortho intramolecular Hbond substituents is 1. The summed E-state index contributed by atoms with van der Waals surface area (Å²) in [5.74, 6) is -0.900. The number of carboxylic acids is 1. The van der Waals surface area contributed by atoms with E-state index in [9.17, 15) is 9.90 Å². The molecule has 0 aliphatic heterocycles. The van der Waals surface area contributed by atoms with E-state index in [1.54, 1.807) is 12.1 Å². The summed E-state index contributed by atoms with van der Waals surface area (Å²) in [6.45, 7) is -0.0639. The first-order valence-electron chi connectivity index (χ1n) is 4.49. The number of carbonyl (C=O) groups is 1. The van der Waals surface area contributed by atoms with Crippen LogP contribution >= 0.6 is 0 Å². The fourth-order valence-corrected chi connectivity index (χ4v) is 1.17. The molecule has 0 bridgehead atoms. The van der Waals surface area contributed by atoms with E-state index in [0.29, 0.717) is 5.56 Å². The highest BCUT2D eigenvalue weighted by molar-refractivity contribution is 5.68. The van der Waals surface area contributed by atoms with Crippen molar-refractivity contribution in [1.82, 2.24) is 5.32 Å². The van der Waals surface area contributed by atoms with E-state index in [1.807, 2.05) is 0 Å². The highest BCUT2D eigenvalue weighted by Gasteiger charge is 2.08. The van der Waals surface area contributed by atoms with Crippen LogP contribution in [0.3, 0.4) is 0 Å². The van der Waals surface area contributed by atoms with E-state index >= 15 is 0 Å². The smallest absolute Gasteiger partial charge is 0.317 e. The van der Waals surface area contributed by atoms with Gasteiger partial charge in [-0.2, -0.15) is 0 Å². The predicted molar refractivity (Wildman–Crippen MR) is 53.6 cm³/mol. The minimum atomic E-state index is -0.974. The van der Waals surface area contributed by atoms with Gasteiger partial charge in [-0.05, 0) is 17.7 Å². The lowest BCUT2D eigenvalue weighted by Gasteiger charge is -2.11. The standard InChI is InChI=1S/C10H13NO4/c12-8-3-1-2-7(4-8)9(13)5-11-6-10(14)15/h1-4,9,11-13H,5-6H2,(H,14,15). The molecule has 5 nitrogen and oxygen atoms in total. The number of phenols is 1. The quantitative estimate of drug-likeness (QED) is 0.554. The molecule has 82 valence electrons. The number of rotatable bonds is 5. The minimum Gasteiger partial charge on any atom is -0.508 e. The van der Waals surface area contributed by atoms with Crippen LogP contribution in [0.4, 0.5) is 0 Å². The fourth-order valence-electron chi connectivity index (χ4n) is 1.17. The van der Waals surface area contributed by atoms with E-state index in [2.05, 4.69) is 5.32 Å². The summed E-state index contributed by atoms with van der Waals surface area (Å²) in [6, 6.07) is 6.21. The van der Waals surface area contributed by atoms with Gasteiger partial charge in [-0.15, -0.1) is 0 Å². The zero-order valence-corrected chi connectivity index (χ0v) is 8.05. The van der Waals surface area contributed by atoms with Crippen molar-refractivity contribution in [3.63, 3.8) is 0 Å². The Hall–Kier alpha value is -1.59. The summed E-state index contributed by atoms with van der Waals surface area (Å²) in [7, 11) is 0. The average Bonchev–Trinajstić information content (AvgIpc) is 2.17. The number of hydrogen-bond donors (Lipinski definition) is 4. The lowest BCUT2D eigenvalue weighted by atomic mass is 10.1. The van der Waals surface area contributed by atoms with E-state index in [4.69, 9.17) is 10.2 Å². The van der Waals surface area contributed by atoms with Crippen LogP contribution in [-0.4, -0.2) is 34.4 Å². The van der Waals surface area contributed by atoms with Gasteiger partial charge in [0.15, 0.2) is 0 Å². The van der Waals surface area contributed by atoms with Crippen molar-refractivity contribution in [2.75, 3.05) is 13.1 Å². The zero-order chi connectivity index (χ0) is 11.3. The number of aliphatic hydroxyl groups excluding tert-OH is 1. The molecule has 1 aromatic carbocycles. The first kappa shape index (κ1) is 11.5. The number of aromatic hydroxyl groups is 1. The van der Waals surface area contributed by atoms with E-state index in [0.717, 1.165) is 0 Å². The van der Waals surface area contributed by atoms with Gasteiger partial charge in [0.05, 0.1) is 12.6 Å². The third-order valence-electron chi connectivity index (χ3n) is 1.87. The van der Waals surface area contributed by atoms with Gasteiger partial charge in [-0.25, -0.2) is 0 Å². The molecule has 0 amide bonds. The van der Waals surface area contributed by atoms with Gasteiger partial charge in [-0.1, -0.05) is 12.1 Å². The molecule has 0 radical (unpaired) electrons. The van der Waals surface area contributed by atoms with Crippen molar-refractivity contribution in [1.29, 1.82) is 0 Å². The predicted octanol–water partition coefficient (Wildman–Crippen LogP) is 0.0998. The fraction of sp³-hybridized carbons (Fsp3) is 0.300. The zero-order valence-electron chi connectivity index (χ0n) is 8.05. The molecule has 5 heteroatoms. The molecular weight excluding hydrogens is 198 g/mol. The SMILES string of the molecule is O=C(O)CNCC(O)c1cccc(O)c1. The Kier molecular flexibility index (Phi) is 4.08. The van der Waals surface area contributed by atoms with E-state index < -0.39 is 12.1 Å². The van der Waals surface area contributed by atoms with E-state index in [1.165, 1.54) is 12.1 Å². The molecule has 0 saturated heterocycles. The van der Waals surface area contributed by atoms with Crippen LogP contribution in [0.1, 0.15) is 11.7 Å². The Labute approximate surface area is 87.0 Å². The van der Waals surface area contributed by atoms with Gasteiger partial charge >= 0.3 is 5.97 Å². The number of hydrogen-bond acceptors (Lipinski definition) is 4. The molecule has 4 N–H and O–H groups in total. The molecule has 15 heavy (non-hydrogen) atoms. The molecule has 0 aromatic heterocycles. The van der Waals surface area contributed by atoms with Crippen LogP contribution in [0.2, 0.25) is 0 Å². The molecule has 0 saturated carbocycles. The van der Waals surface area contributed by atoms with Gasteiger partial charge in [0, 0.05) is 6.54 Å². The van der Waals surface area contributed by atoms with Gasteiger partial charge in [-0.3, -0.25) is 4.79 Å². The maximum absolute atomic E-state index is 10.2. The highest BCUT2D eigenvalue weighted by atomic mass is 16.4. The summed E-state index contributed by atoms with van der Waals surface area (Å²) >= 11 is 0. The third kappa shape index (κ3) is 3.97. The van der Waals surface area contributed by atoms with Crippen molar-refractivity contribution in [3.05, 3.63) is 29.8 Å². The van der Waals surface area contributed by atoms with Crippen LogP contribution in [0.5, 0.6) is 5.75 Å². The second kappa shape index (κ2) is 5.33. The topological polar surface area (TPSA) is 89.8 Å². The number of nitrogens with one attached hydrogen (secondary N) is 1. The molecule has 0 heterocycles. The molecular formula is C10H13NO4. The normalized spacial score (nSPS) is 12.3. The first-order chi connectivity index (χ1) is 7.09. The Morgan fingerprint density at radius 2 is 2.20 bits per heavy atom. The molecule has 0 aliphatic carbocycles. The summed E-state index contributed by atoms with van der Waals surface area (Å²) in [6.07, 6.45) is -0.823. The highest BCUT2D eigenvalue weighted by Crippen LogP contribution is 2.17. The average molecular weight is 211 g/mol. The van der Waals surface area contributed by atoms with Crippen molar-refractivity contribution in [2.45, 2.75) is 6.10 Å². The van der Waals surface area contributed by atoms with Crippen LogP contribution in [0.15, 0.2) is 24.3 Å². The lowest BCUT2D eigenvalue weighted by Crippen LogP contribution is -2.27. The maximum Gasteiger partial charge on any atom is 0.317 e. The first-order valence-corrected chi connectivity index (χ1v) is 4.49. The van der Waals surface area contributed by atoms with E-state index in [-0.39, 0.29) is 18.8 Å². The summed E-state index contributed by atoms with van der Waals surface area (Å²) in [5.41, 5.74) is 0.549. The maximum atomic E-state index is 10.2. The van der Waals surface area contributed by atoms with Crippen LogP contribution < -0.4 is 5.32 Å². The summed E-state index contributed by atoms with van der Waals surface area (Å²) < 4.78 is 0. The third-order valence-corrected chi connectivity index (χ3v) is 1.87. The van der Waals surface area contributed by atoms with Gasteiger partial charge in [0.25, 0.3) is 0 Å². The Bertz CT molecular complexity index is 340. The monoisotopic (exact) mass is 211 g/mol. The summed E-state index contributed by atoms with van der Waals surface area (Å²) in [4.78, 5) is 10.2. The molecule has 1 rings (SSSR count). The Balaban J connectivity index is 2.46. The number of aliphatic carboxylic acids is 1. The molecule has 0 aliphatic rings. The minimum absolute atomic E-state index is 0.0739. The van der Waals surface area contributed by atoms with Crippen LogP contribution in [-0.2, 0) is 4.79 Å².